The van der Waals surface area contributed by atoms with Gasteiger partial charge in [0, 0.05) is 17.4 Å². The van der Waals surface area contributed by atoms with Gasteiger partial charge in [0.1, 0.15) is 17.3 Å². The lowest BCUT2D eigenvalue weighted by molar-refractivity contribution is 0.0730. The summed E-state index contributed by atoms with van der Waals surface area (Å²) in [6, 6.07) is 14.3. The summed E-state index contributed by atoms with van der Waals surface area (Å²) in [5.74, 6) is 0.389. The molecule has 2 heterocycles. The van der Waals surface area contributed by atoms with Crippen LogP contribution in [-0.2, 0) is 0 Å². The number of H-pyrrole nitrogens is 1. The second kappa shape index (κ2) is 6.24. The van der Waals surface area contributed by atoms with Crippen LogP contribution in [0.1, 0.15) is 34.9 Å². The van der Waals surface area contributed by atoms with E-state index in [4.69, 9.17) is 4.74 Å². The number of amides is 1. The van der Waals surface area contributed by atoms with Crippen LogP contribution in [0.15, 0.2) is 48.5 Å². The summed E-state index contributed by atoms with van der Waals surface area (Å²) in [7, 11) is 1.63. The molecule has 0 bridgehead atoms. The fourth-order valence-corrected chi connectivity index (χ4v) is 3.57. The Balaban J connectivity index is 1.64. The van der Waals surface area contributed by atoms with Crippen LogP contribution < -0.4 is 4.74 Å². The highest BCUT2D eigenvalue weighted by molar-refractivity contribution is 5.98. The van der Waals surface area contributed by atoms with Gasteiger partial charge in [0.05, 0.1) is 13.2 Å². The standard InChI is InChI=1S/C20H19FN2O2/c1-25-14-9-7-13(8-10-14)19-6-3-11-23(19)20(24)18-12-15-16(21)4-2-5-17(15)22-18/h2,4-5,7-10,12,19,22H,3,6,11H2,1H3/t19-/m0/s1. The highest BCUT2D eigenvalue weighted by Gasteiger charge is 2.31. The highest BCUT2D eigenvalue weighted by Crippen LogP contribution is 2.34. The monoisotopic (exact) mass is 338 g/mol. The summed E-state index contributed by atoms with van der Waals surface area (Å²) in [5.41, 5.74) is 2.16. The molecule has 0 aliphatic carbocycles. The van der Waals surface area contributed by atoms with Crippen LogP contribution in [0.4, 0.5) is 4.39 Å². The molecule has 1 amide bonds. The zero-order chi connectivity index (χ0) is 17.4. The normalized spacial score (nSPS) is 17.2. The first kappa shape index (κ1) is 15.7. The minimum absolute atomic E-state index is 0.0367. The van der Waals surface area contributed by atoms with E-state index in [1.807, 2.05) is 29.2 Å². The number of methoxy groups -OCH3 is 1. The lowest BCUT2D eigenvalue weighted by atomic mass is 10.0. The number of carbonyl (C=O) groups is 1. The van der Waals surface area contributed by atoms with Crippen molar-refractivity contribution in [2.75, 3.05) is 13.7 Å². The number of hydrogen-bond donors (Lipinski definition) is 1. The molecule has 1 aliphatic rings. The van der Waals surface area contributed by atoms with Crippen LogP contribution >= 0.6 is 0 Å². The predicted molar refractivity (Wildman–Crippen MR) is 94.3 cm³/mol. The number of nitrogens with one attached hydrogen (secondary N) is 1. The van der Waals surface area contributed by atoms with Crippen molar-refractivity contribution < 1.29 is 13.9 Å². The van der Waals surface area contributed by atoms with E-state index < -0.39 is 0 Å². The van der Waals surface area contributed by atoms with Crippen molar-refractivity contribution in [1.82, 2.24) is 9.88 Å². The van der Waals surface area contributed by atoms with E-state index in [9.17, 15) is 9.18 Å². The van der Waals surface area contributed by atoms with Gasteiger partial charge in [-0.3, -0.25) is 4.79 Å². The zero-order valence-corrected chi connectivity index (χ0v) is 14.0. The molecule has 1 aromatic heterocycles. The van der Waals surface area contributed by atoms with E-state index in [1.165, 1.54) is 6.07 Å². The molecular weight excluding hydrogens is 319 g/mol. The lowest BCUT2D eigenvalue weighted by Gasteiger charge is -2.24. The van der Waals surface area contributed by atoms with Crippen molar-refractivity contribution in [3.8, 4) is 5.75 Å². The van der Waals surface area contributed by atoms with E-state index >= 15 is 0 Å². The van der Waals surface area contributed by atoms with E-state index in [-0.39, 0.29) is 17.8 Å². The lowest BCUT2D eigenvalue weighted by Crippen LogP contribution is -2.30. The SMILES string of the molecule is COc1ccc([C@@H]2CCCN2C(=O)c2cc3c(F)cccc3[nH]2)cc1. The van der Waals surface area contributed by atoms with Gasteiger partial charge in [-0.15, -0.1) is 0 Å². The van der Waals surface area contributed by atoms with Gasteiger partial charge in [-0.1, -0.05) is 18.2 Å². The Morgan fingerprint density at radius 2 is 2.04 bits per heavy atom. The van der Waals surface area contributed by atoms with Gasteiger partial charge >= 0.3 is 0 Å². The smallest absolute Gasteiger partial charge is 0.270 e. The van der Waals surface area contributed by atoms with Crippen molar-refractivity contribution in [2.24, 2.45) is 0 Å². The minimum atomic E-state index is -0.319. The fourth-order valence-electron chi connectivity index (χ4n) is 3.57. The Kier molecular flexibility index (Phi) is 3.92. The van der Waals surface area contributed by atoms with Crippen molar-refractivity contribution in [3.05, 3.63) is 65.6 Å². The molecule has 4 rings (SSSR count). The van der Waals surface area contributed by atoms with Crippen LogP contribution in [0.2, 0.25) is 0 Å². The van der Waals surface area contributed by atoms with Crippen molar-refractivity contribution in [2.45, 2.75) is 18.9 Å². The molecule has 1 atom stereocenters. The van der Waals surface area contributed by atoms with Crippen molar-refractivity contribution >= 4 is 16.8 Å². The molecule has 0 spiro atoms. The summed E-state index contributed by atoms with van der Waals surface area (Å²) >= 11 is 0. The van der Waals surface area contributed by atoms with E-state index in [0.717, 1.165) is 24.2 Å². The third kappa shape index (κ3) is 2.76. The maximum atomic E-state index is 13.9. The Labute approximate surface area is 145 Å². The van der Waals surface area contributed by atoms with Gasteiger partial charge in [-0.25, -0.2) is 4.39 Å². The molecule has 0 saturated carbocycles. The van der Waals surface area contributed by atoms with E-state index in [2.05, 4.69) is 4.98 Å². The Bertz CT molecular complexity index is 917. The molecule has 1 aliphatic heterocycles. The number of carbonyl (C=O) groups excluding carboxylic acids is 1. The van der Waals surface area contributed by atoms with Gasteiger partial charge in [-0.05, 0) is 48.7 Å². The summed E-state index contributed by atoms with van der Waals surface area (Å²) in [6.07, 6.45) is 1.88. The van der Waals surface area contributed by atoms with Crippen molar-refractivity contribution in [3.63, 3.8) is 0 Å². The molecule has 1 fully saturated rings. The third-order valence-corrected chi connectivity index (χ3v) is 4.86. The molecule has 1 N–H and O–H groups in total. The molecule has 25 heavy (non-hydrogen) atoms. The molecule has 0 radical (unpaired) electrons. The second-order valence-electron chi connectivity index (χ2n) is 6.31. The van der Waals surface area contributed by atoms with Crippen LogP contribution in [0.25, 0.3) is 10.9 Å². The molecule has 4 nitrogen and oxygen atoms in total. The topological polar surface area (TPSA) is 45.3 Å². The Morgan fingerprint density at radius 3 is 2.76 bits per heavy atom. The van der Waals surface area contributed by atoms with Gasteiger partial charge in [0.25, 0.3) is 5.91 Å². The first-order chi connectivity index (χ1) is 12.2. The first-order valence-electron chi connectivity index (χ1n) is 8.39. The van der Waals surface area contributed by atoms with Gasteiger partial charge in [0.2, 0.25) is 0 Å². The van der Waals surface area contributed by atoms with Gasteiger partial charge in [-0.2, -0.15) is 0 Å². The molecule has 2 aromatic carbocycles. The predicted octanol–water partition coefficient (Wildman–Crippen LogP) is 4.29. The average molecular weight is 338 g/mol. The third-order valence-electron chi connectivity index (χ3n) is 4.86. The van der Waals surface area contributed by atoms with Gasteiger partial charge < -0.3 is 14.6 Å². The number of hydrogen-bond acceptors (Lipinski definition) is 2. The van der Waals surface area contributed by atoms with Crippen LogP contribution in [0.5, 0.6) is 5.75 Å². The maximum Gasteiger partial charge on any atom is 0.270 e. The Morgan fingerprint density at radius 1 is 1.24 bits per heavy atom. The number of ether oxygens (including phenoxy) is 1. The van der Waals surface area contributed by atoms with E-state index in [0.29, 0.717) is 23.1 Å². The number of fused-ring (bicyclic) bond motifs is 1. The van der Waals surface area contributed by atoms with Crippen LogP contribution in [-0.4, -0.2) is 29.4 Å². The minimum Gasteiger partial charge on any atom is -0.497 e. The highest BCUT2D eigenvalue weighted by atomic mass is 19.1. The summed E-state index contributed by atoms with van der Waals surface area (Å²) < 4.78 is 19.1. The first-order valence-corrected chi connectivity index (χ1v) is 8.39. The quantitative estimate of drug-likeness (QED) is 0.774. The summed E-state index contributed by atoms with van der Waals surface area (Å²) in [5, 5.41) is 0.450. The van der Waals surface area contributed by atoms with Crippen LogP contribution in [0.3, 0.4) is 0 Å². The number of likely N-dealkylation sites (tertiary alicyclic amines) is 1. The molecule has 5 heteroatoms. The maximum absolute atomic E-state index is 13.9. The zero-order valence-electron chi connectivity index (χ0n) is 14.0. The molecule has 0 unspecified atom stereocenters. The molecule has 128 valence electrons. The average Bonchev–Trinajstić information content (AvgIpc) is 3.29. The van der Waals surface area contributed by atoms with Gasteiger partial charge in [0.15, 0.2) is 0 Å². The largest absolute Gasteiger partial charge is 0.497 e. The number of aromatic nitrogens is 1. The molecule has 1 saturated heterocycles. The Hall–Kier alpha value is -2.82. The number of benzene rings is 2. The number of halogens is 1. The number of rotatable bonds is 3. The fraction of sp³-hybridized carbons (Fsp3) is 0.250. The second-order valence-corrected chi connectivity index (χ2v) is 6.31. The number of nitrogens with zero attached hydrogens (tertiary/aromatic N) is 1. The van der Waals surface area contributed by atoms with Crippen molar-refractivity contribution in [1.29, 1.82) is 0 Å². The van der Waals surface area contributed by atoms with Crippen LogP contribution in [0, 0.1) is 5.82 Å². The number of aromatic amines is 1. The molecular formula is C20H19FN2O2. The summed E-state index contributed by atoms with van der Waals surface area (Å²) in [6.45, 7) is 0.702. The molecule has 3 aromatic rings. The van der Waals surface area contributed by atoms with E-state index in [1.54, 1.807) is 25.3 Å². The summed E-state index contributed by atoms with van der Waals surface area (Å²) in [4.78, 5) is 17.9.